The maximum atomic E-state index is 12.4. The fourth-order valence-corrected chi connectivity index (χ4v) is 2.85. The zero-order chi connectivity index (χ0) is 15.5. The minimum absolute atomic E-state index is 0.0144. The Hall–Kier alpha value is -2.62. The van der Waals surface area contributed by atoms with Crippen LogP contribution >= 0.6 is 0 Å². The van der Waals surface area contributed by atoms with E-state index in [2.05, 4.69) is 5.32 Å². The van der Waals surface area contributed by atoms with E-state index in [1.807, 2.05) is 48.5 Å². The van der Waals surface area contributed by atoms with Crippen LogP contribution in [0.4, 0.5) is 5.69 Å². The van der Waals surface area contributed by atoms with Crippen molar-refractivity contribution in [1.29, 1.82) is 0 Å². The predicted molar refractivity (Wildman–Crippen MR) is 85.8 cm³/mol. The molecule has 3 rings (SSSR count). The third-order valence-corrected chi connectivity index (χ3v) is 3.95. The van der Waals surface area contributed by atoms with Crippen LogP contribution in [-0.4, -0.2) is 18.4 Å². The number of amides is 2. The smallest absolute Gasteiger partial charge is 0.251 e. The Balaban J connectivity index is 1.78. The molecular formula is C18H18N2O2. The van der Waals surface area contributed by atoms with Crippen LogP contribution in [0.3, 0.4) is 0 Å². The van der Waals surface area contributed by atoms with Gasteiger partial charge >= 0.3 is 0 Å². The van der Waals surface area contributed by atoms with Gasteiger partial charge in [0.15, 0.2) is 0 Å². The highest BCUT2D eigenvalue weighted by atomic mass is 16.2. The summed E-state index contributed by atoms with van der Waals surface area (Å²) in [5.74, 6) is -0.0771. The molecule has 112 valence electrons. The molecule has 0 aliphatic carbocycles. The van der Waals surface area contributed by atoms with Gasteiger partial charge in [-0.1, -0.05) is 36.4 Å². The molecule has 4 nitrogen and oxygen atoms in total. The third kappa shape index (κ3) is 2.72. The number of nitrogens with zero attached hydrogens (tertiary/aromatic N) is 1. The molecule has 2 aromatic rings. The molecule has 0 saturated carbocycles. The highest BCUT2D eigenvalue weighted by Crippen LogP contribution is 2.30. The molecule has 4 heteroatoms. The molecule has 1 heterocycles. The maximum Gasteiger partial charge on any atom is 0.251 e. The van der Waals surface area contributed by atoms with E-state index in [1.54, 1.807) is 11.8 Å². The zero-order valence-corrected chi connectivity index (χ0v) is 12.5. The van der Waals surface area contributed by atoms with Crippen LogP contribution in [0.15, 0.2) is 48.5 Å². The average molecular weight is 294 g/mol. The molecule has 1 N–H and O–H groups in total. The molecule has 0 bridgehead atoms. The number of rotatable bonds is 3. The van der Waals surface area contributed by atoms with Crippen LogP contribution in [0, 0.1) is 0 Å². The minimum atomic E-state index is -0.0916. The first-order valence-corrected chi connectivity index (χ1v) is 7.39. The molecule has 1 aliphatic rings. The summed E-state index contributed by atoms with van der Waals surface area (Å²) in [5, 5.41) is 2.95. The monoisotopic (exact) mass is 294 g/mol. The number of carbonyl (C=O) groups is 2. The molecule has 0 saturated heterocycles. The van der Waals surface area contributed by atoms with E-state index in [-0.39, 0.29) is 11.8 Å². The minimum Gasteiger partial charge on any atom is -0.348 e. The first-order valence-electron chi connectivity index (χ1n) is 7.39. The number of hydrogen-bond donors (Lipinski definition) is 1. The Morgan fingerprint density at radius 1 is 1.09 bits per heavy atom. The van der Waals surface area contributed by atoms with Gasteiger partial charge in [0.05, 0.1) is 0 Å². The van der Waals surface area contributed by atoms with Gasteiger partial charge < -0.3 is 10.2 Å². The Morgan fingerprint density at radius 2 is 1.86 bits per heavy atom. The van der Waals surface area contributed by atoms with Crippen molar-refractivity contribution in [1.82, 2.24) is 5.32 Å². The van der Waals surface area contributed by atoms with Gasteiger partial charge in [0.1, 0.15) is 0 Å². The van der Waals surface area contributed by atoms with E-state index in [9.17, 15) is 9.59 Å². The van der Waals surface area contributed by atoms with Crippen molar-refractivity contribution in [3.63, 3.8) is 0 Å². The van der Waals surface area contributed by atoms with Crippen molar-refractivity contribution in [2.45, 2.75) is 19.9 Å². The van der Waals surface area contributed by atoms with Crippen LogP contribution in [0.1, 0.15) is 28.4 Å². The lowest BCUT2D eigenvalue weighted by atomic mass is 10.0. The van der Waals surface area contributed by atoms with E-state index in [0.29, 0.717) is 18.7 Å². The van der Waals surface area contributed by atoms with Gasteiger partial charge in [-0.05, 0) is 29.7 Å². The topological polar surface area (TPSA) is 49.4 Å². The van der Waals surface area contributed by atoms with E-state index in [1.165, 1.54) is 0 Å². The molecule has 0 atom stereocenters. The van der Waals surface area contributed by atoms with E-state index >= 15 is 0 Å². The predicted octanol–water partition coefficient (Wildman–Crippen LogP) is 2.53. The Bertz CT molecular complexity index is 710. The van der Waals surface area contributed by atoms with E-state index < -0.39 is 0 Å². The summed E-state index contributed by atoms with van der Waals surface area (Å²) in [6, 6.07) is 15.4. The molecule has 0 spiro atoms. The van der Waals surface area contributed by atoms with Gasteiger partial charge in [-0.2, -0.15) is 0 Å². The van der Waals surface area contributed by atoms with Crippen molar-refractivity contribution in [2.75, 3.05) is 11.4 Å². The lowest BCUT2D eigenvalue weighted by Gasteiger charge is -2.15. The largest absolute Gasteiger partial charge is 0.348 e. The van der Waals surface area contributed by atoms with Crippen LogP contribution in [0.2, 0.25) is 0 Å². The zero-order valence-electron chi connectivity index (χ0n) is 12.5. The van der Waals surface area contributed by atoms with Crippen LogP contribution < -0.4 is 10.2 Å². The van der Waals surface area contributed by atoms with Crippen LogP contribution in [0.5, 0.6) is 0 Å². The molecular weight excluding hydrogens is 276 g/mol. The van der Waals surface area contributed by atoms with Gasteiger partial charge in [0, 0.05) is 31.3 Å². The van der Waals surface area contributed by atoms with Gasteiger partial charge in [0.2, 0.25) is 5.91 Å². The SMILES string of the molecule is CC(=O)N1CCc2c(C(=O)NCc3ccccc3)cccc21. The van der Waals surface area contributed by atoms with Crippen molar-refractivity contribution >= 4 is 17.5 Å². The second kappa shape index (κ2) is 6.02. The van der Waals surface area contributed by atoms with Crippen molar-refractivity contribution < 1.29 is 9.59 Å². The maximum absolute atomic E-state index is 12.4. The third-order valence-electron chi connectivity index (χ3n) is 3.95. The standard InChI is InChI=1S/C18H18N2O2/c1-13(21)20-11-10-15-16(8-5-9-17(15)20)18(22)19-12-14-6-3-2-4-7-14/h2-9H,10-12H2,1H3,(H,19,22). The molecule has 0 aromatic heterocycles. The quantitative estimate of drug-likeness (QED) is 0.945. The molecule has 1 aliphatic heterocycles. The number of benzene rings is 2. The summed E-state index contributed by atoms with van der Waals surface area (Å²) in [4.78, 5) is 25.8. The number of hydrogen-bond acceptors (Lipinski definition) is 2. The summed E-state index contributed by atoms with van der Waals surface area (Å²) in [6.07, 6.45) is 0.726. The number of nitrogens with one attached hydrogen (secondary N) is 1. The fourth-order valence-electron chi connectivity index (χ4n) is 2.85. The molecule has 22 heavy (non-hydrogen) atoms. The molecule has 0 fully saturated rings. The van der Waals surface area contributed by atoms with Crippen molar-refractivity contribution in [3.8, 4) is 0 Å². The van der Waals surface area contributed by atoms with Gasteiger partial charge in [-0.3, -0.25) is 9.59 Å². The summed E-state index contributed by atoms with van der Waals surface area (Å²) >= 11 is 0. The number of anilines is 1. The van der Waals surface area contributed by atoms with Crippen molar-refractivity contribution in [2.24, 2.45) is 0 Å². The fraction of sp³-hybridized carbons (Fsp3) is 0.222. The highest BCUT2D eigenvalue weighted by Gasteiger charge is 2.26. The van der Waals surface area contributed by atoms with Gasteiger partial charge in [-0.15, -0.1) is 0 Å². The van der Waals surface area contributed by atoms with Crippen LogP contribution in [0.25, 0.3) is 0 Å². The summed E-state index contributed by atoms with van der Waals surface area (Å²) in [7, 11) is 0. The molecule has 0 unspecified atom stereocenters. The lowest BCUT2D eigenvalue weighted by Crippen LogP contribution is -2.26. The normalized spacial score (nSPS) is 12.9. The van der Waals surface area contributed by atoms with Gasteiger partial charge in [0.25, 0.3) is 5.91 Å². The number of fused-ring (bicyclic) bond motifs is 1. The Kier molecular flexibility index (Phi) is 3.92. The lowest BCUT2D eigenvalue weighted by molar-refractivity contribution is -0.116. The summed E-state index contributed by atoms with van der Waals surface area (Å²) in [6.45, 7) is 2.70. The Labute approximate surface area is 129 Å². The Morgan fingerprint density at radius 3 is 2.59 bits per heavy atom. The second-order valence-electron chi connectivity index (χ2n) is 5.39. The van der Waals surface area contributed by atoms with Crippen LogP contribution in [-0.2, 0) is 17.8 Å². The molecule has 2 aromatic carbocycles. The first kappa shape index (κ1) is 14.3. The van der Waals surface area contributed by atoms with Gasteiger partial charge in [-0.25, -0.2) is 0 Å². The molecule has 0 radical (unpaired) electrons. The summed E-state index contributed by atoms with van der Waals surface area (Å²) < 4.78 is 0. The summed E-state index contributed by atoms with van der Waals surface area (Å²) in [5.41, 5.74) is 3.55. The van der Waals surface area contributed by atoms with E-state index in [4.69, 9.17) is 0 Å². The molecule has 2 amide bonds. The number of carbonyl (C=O) groups excluding carboxylic acids is 2. The first-order chi connectivity index (χ1) is 10.7. The van der Waals surface area contributed by atoms with E-state index in [0.717, 1.165) is 23.2 Å². The average Bonchev–Trinajstić information content (AvgIpc) is 2.97. The van der Waals surface area contributed by atoms with Crippen molar-refractivity contribution in [3.05, 3.63) is 65.2 Å². The second-order valence-corrected chi connectivity index (χ2v) is 5.39. The highest BCUT2D eigenvalue weighted by molar-refractivity contribution is 6.01.